The van der Waals surface area contributed by atoms with Gasteiger partial charge in [0.25, 0.3) is 0 Å². The van der Waals surface area contributed by atoms with E-state index in [0.29, 0.717) is 19.1 Å². The summed E-state index contributed by atoms with van der Waals surface area (Å²) in [6.45, 7) is 8.34. The van der Waals surface area contributed by atoms with Crippen molar-refractivity contribution in [1.29, 1.82) is 0 Å². The van der Waals surface area contributed by atoms with Crippen molar-refractivity contribution in [3.8, 4) is 5.88 Å². The van der Waals surface area contributed by atoms with Crippen LogP contribution in [0.2, 0.25) is 0 Å². The summed E-state index contributed by atoms with van der Waals surface area (Å²) in [5.41, 5.74) is 5.94. The molecular weight excluding hydrogens is 300 g/mol. The van der Waals surface area contributed by atoms with Gasteiger partial charge in [-0.3, -0.25) is 0 Å². The van der Waals surface area contributed by atoms with Crippen molar-refractivity contribution >= 4 is 10.9 Å². The van der Waals surface area contributed by atoms with Crippen LogP contribution in [0.4, 0.5) is 0 Å². The van der Waals surface area contributed by atoms with E-state index in [-0.39, 0.29) is 0 Å². The highest BCUT2D eigenvalue weighted by Gasteiger charge is 2.16. The number of hydrogen-bond acceptors (Lipinski definition) is 3. The molecule has 0 spiro atoms. The minimum absolute atomic E-state index is 0.515. The highest BCUT2D eigenvalue weighted by Crippen LogP contribution is 2.31. The molecule has 0 atom stereocenters. The number of ether oxygens (including phenoxy) is 2. The van der Waals surface area contributed by atoms with E-state index in [1.165, 1.54) is 22.2 Å². The first-order valence-corrected chi connectivity index (χ1v) is 8.23. The predicted octanol–water partition coefficient (Wildman–Crippen LogP) is 4.19. The Morgan fingerprint density at radius 1 is 1.12 bits per heavy atom. The number of methoxy groups -OCH3 is 1. The Morgan fingerprint density at radius 3 is 2.71 bits per heavy atom. The van der Waals surface area contributed by atoms with E-state index in [1.807, 2.05) is 6.20 Å². The summed E-state index contributed by atoms with van der Waals surface area (Å²) in [5, 5.41) is 1.19. The second-order valence-corrected chi connectivity index (χ2v) is 6.14. The van der Waals surface area contributed by atoms with Gasteiger partial charge in [-0.2, -0.15) is 0 Å². The number of aromatic nitrogens is 2. The van der Waals surface area contributed by atoms with E-state index in [2.05, 4.69) is 60.7 Å². The predicted molar refractivity (Wildman–Crippen MR) is 96.6 cm³/mol. The molecule has 0 fully saturated rings. The maximum Gasteiger partial charge on any atom is 0.238 e. The van der Waals surface area contributed by atoms with Crippen LogP contribution in [0.3, 0.4) is 0 Å². The summed E-state index contributed by atoms with van der Waals surface area (Å²) in [4.78, 5) is 4.48. The third kappa shape index (κ3) is 3.15. The largest absolute Gasteiger partial charge is 0.471 e. The highest BCUT2D eigenvalue weighted by molar-refractivity contribution is 5.88. The first-order chi connectivity index (χ1) is 11.6. The van der Waals surface area contributed by atoms with Gasteiger partial charge >= 0.3 is 0 Å². The van der Waals surface area contributed by atoms with Gasteiger partial charge in [-0.15, -0.1) is 0 Å². The van der Waals surface area contributed by atoms with Crippen LogP contribution in [0.25, 0.3) is 10.9 Å². The fraction of sp³-hybridized carbons (Fsp3) is 0.350. The van der Waals surface area contributed by atoms with Crippen LogP contribution in [-0.2, 0) is 17.9 Å². The van der Waals surface area contributed by atoms with Crippen LogP contribution in [0.5, 0.6) is 5.88 Å². The van der Waals surface area contributed by atoms with Crippen LogP contribution in [-0.4, -0.2) is 23.3 Å². The lowest BCUT2D eigenvalue weighted by Crippen LogP contribution is -2.07. The van der Waals surface area contributed by atoms with Crippen molar-refractivity contribution in [2.45, 2.75) is 33.9 Å². The number of pyridine rings is 1. The van der Waals surface area contributed by atoms with E-state index < -0.39 is 0 Å². The molecular formula is C20H24N2O2. The Morgan fingerprint density at radius 2 is 1.96 bits per heavy atom. The van der Waals surface area contributed by atoms with Gasteiger partial charge in [0.05, 0.1) is 6.61 Å². The third-order valence-electron chi connectivity index (χ3n) is 4.49. The molecule has 4 heteroatoms. The van der Waals surface area contributed by atoms with E-state index in [1.54, 1.807) is 7.11 Å². The van der Waals surface area contributed by atoms with Gasteiger partial charge in [0.1, 0.15) is 12.1 Å². The van der Waals surface area contributed by atoms with Gasteiger partial charge in [-0.05, 0) is 38.0 Å². The molecule has 24 heavy (non-hydrogen) atoms. The lowest BCUT2D eigenvalue weighted by Gasteiger charge is -2.12. The highest BCUT2D eigenvalue weighted by atomic mass is 16.5. The molecule has 2 aromatic heterocycles. The number of fused-ring (bicyclic) bond motifs is 1. The number of nitrogens with zero attached hydrogens (tertiary/aromatic N) is 2. The topological polar surface area (TPSA) is 36.3 Å². The zero-order valence-electron chi connectivity index (χ0n) is 14.8. The summed E-state index contributed by atoms with van der Waals surface area (Å²) in [5.74, 6) is 0.682. The molecule has 0 N–H and O–H groups in total. The molecule has 126 valence electrons. The number of hydrogen-bond donors (Lipinski definition) is 0. The number of rotatable bonds is 6. The van der Waals surface area contributed by atoms with E-state index in [0.717, 1.165) is 17.6 Å². The lowest BCUT2D eigenvalue weighted by atomic mass is 10.1. The molecule has 0 aliphatic heterocycles. The molecule has 3 aromatic rings. The molecule has 3 rings (SSSR count). The Kier molecular flexibility index (Phi) is 4.86. The van der Waals surface area contributed by atoms with Crippen molar-refractivity contribution in [2.75, 3.05) is 13.7 Å². The molecule has 4 nitrogen and oxygen atoms in total. The standard InChI is InChI=1S/C20H24N2O2/c1-14-6-5-7-17(12-14)13-24-20-19-18(8-9-21-20)15(2)16(3)22(19)10-11-23-4/h5-9,12H,10-11,13H2,1-4H3. The Hall–Kier alpha value is -2.33. The fourth-order valence-electron chi connectivity index (χ4n) is 3.08. The smallest absolute Gasteiger partial charge is 0.238 e. The first kappa shape index (κ1) is 16.5. The van der Waals surface area contributed by atoms with Crippen molar-refractivity contribution in [2.24, 2.45) is 0 Å². The van der Waals surface area contributed by atoms with E-state index in [4.69, 9.17) is 9.47 Å². The Labute approximate surface area is 143 Å². The second-order valence-electron chi connectivity index (χ2n) is 6.14. The second kappa shape index (κ2) is 7.05. The minimum Gasteiger partial charge on any atom is -0.471 e. The Balaban J connectivity index is 1.96. The van der Waals surface area contributed by atoms with Crippen LogP contribution >= 0.6 is 0 Å². The van der Waals surface area contributed by atoms with Gasteiger partial charge in [-0.1, -0.05) is 29.8 Å². The van der Waals surface area contributed by atoms with Gasteiger partial charge in [-0.25, -0.2) is 4.98 Å². The number of benzene rings is 1. The summed E-state index contributed by atoms with van der Waals surface area (Å²) < 4.78 is 13.6. The summed E-state index contributed by atoms with van der Waals surface area (Å²) in [6, 6.07) is 10.4. The van der Waals surface area contributed by atoms with Gasteiger partial charge < -0.3 is 14.0 Å². The van der Waals surface area contributed by atoms with Crippen LogP contribution < -0.4 is 4.74 Å². The molecule has 0 bridgehead atoms. The van der Waals surface area contributed by atoms with Gasteiger partial charge in [0, 0.05) is 30.9 Å². The number of aryl methyl sites for hydroxylation is 2. The maximum atomic E-state index is 6.08. The molecule has 0 radical (unpaired) electrons. The molecule has 0 aliphatic rings. The zero-order valence-corrected chi connectivity index (χ0v) is 14.8. The lowest BCUT2D eigenvalue weighted by molar-refractivity contribution is 0.187. The van der Waals surface area contributed by atoms with Crippen molar-refractivity contribution in [1.82, 2.24) is 9.55 Å². The normalized spacial score (nSPS) is 11.2. The summed E-state index contributed by atoms with van der Waals surface area (Å²) >= 11 is 0. The molecule has 0 unspecified atom stereocenters. The quantitative estimate of drug-likeness (QED) is 0.682. The molecule has 2 heterocycles. The van der Waals surface area contributed by atoms with E-state index >= 15 is 0 Å². The van der Waals surface area contributed by atoms with Gasteiger partial charge in [0.15, 0.2) is 0 Å². The third-order valence-corrected chi connectivity index (χ3v) is 4.49. The van der Waals surface area contributed by atoms with Crippen molar-refractivity contribution < 1.29 is 9.47 Å². The van der Waals surface area contributed by atoms with Crippen LogP contribution in [0.15, 0.2) is 36.5 Å². The monoisotopic (exact) mass is 324 g/mol. The van der Waals surface area contributed by atoms with Gasteiger partial charge in [0.2, 0.25) is 5.88 Å². The fourth-order valence-corrected chi connectivity index (χ4v) is 3.08. The van der Waals surface area contributed by atoms with Crippen LogP contribution in [0.1, 0.15) is 22.4 Å². The van der Waals surface area contributed by atoms with E-state index in [9.17, 15) is 0 Å². The van der Waals surface area contributed by atoms with Crippen molar-refractivity contribution in [3.63, 3.8) is 0 Å². The average molecular weight is 324 g/mol. The minimum atomic E-state index is 0.515. The summed E-state index contributed by atoms with van der Waals surface area (Å²) in [7, 11) is 1.72. The van der Waals surface area contributed by atoms with Crippen molar-refractivity contribution in [3.05, 3.63) is 58.9 Å². The molecule has 0 aliphatic carbocycles. The maximum absolute atomic E-state index is 6.08. The molecule has 0 saturated carbocycles. The SMILES string of the molecule is COCCn1c(C)c(C)c2ccnc(OCc3cccc(C)c3)c21. The van der Waals surface area contributed by atoms with Crippen LogP contribution in [0, 0.1) is 20.8 Å². The average Bonchev–Trinajstić information content (AvgIpc) is 2.83. The summed E-state index contributed by atoms with van der Waals surface area (Å²) in [6.07, 6.45) is 1.82. The Bertz CT molecular complexity index is 852. The first-order valence-electron chi connectivity index (χ1n) is 8.23. The molecule has 0 amide bonds. The zero-order chi connectivity index (χ0) is 17.1. The molecule has 0 saturated heterocycles. The molecule has 1 aromatic carbocycles.